The van der Waals surface area contributed by atoms with Crippen LogP contribution in [0.1, 0.15) is 41.8 Å². The second-order valence-corrected chi connectivity index (χ2v) is 10.9. The molecule has 0 saturated heterocycles. The number of carbonyl (C=O) groups is 2. The molecule has 1 aliphatic heterocycles. The van der Waals surface area contributed by atoms with E-state index >= 15 is 0 Å². The van der Waals surface area contributed by atoms with E-state index in [1.54, 1.807) is 6.92 Å². The number of hydrogen-bond acceptors (Lipinski definition) is 6. The molecule has 1 heterocycles. The molecule has 42 heavy (non-hydrogen) atoms. The first-order valence-corrected chi connectivity index (χ1v) is 14.8. The van der Waals surface area contributed by atoms with Gasteiger partial charge in [0.15, 0.2) is 0 Å². The summed E-state index contributed by atoms with van der Waals surface area (Å²) < 4.78 is 11.8. The van der Waals surface area contributed by atoms with Gasteiger partial charge in [0.05, 0.1) is 6.61 Å². The van der Waals surface area contributed by atoms with Crippen LogP contribution in [0.25, 0.3) is 0 Å². The molecule has 3 aromatic rings. The molecule has 0 fully saturated rings. The summed E-state index contributed by atoms with van der Waals surface area (Å²) >= 11 is 0. The minimum atomic E-state index is -0.0637. The summed E-state index contributed by atoms with van der Waals surface area (Å²) in [5, 5.41) is 0. The highest BCUT2D eigenvalue weighted by atomic mass is 16.5. The van der Waals surface area contributed by atoms with Crippen LogP contribution in [-0.2, 0) is 17.9 Å². The Labute approximate surface area is 250 Å². The van der Waals surface area contributed by atoms with Crippen LogP contribution in [0.5, 0.6) is 11.5 Å². The van der Waals surface area contributed by atoms with Crippen molar-refractivity contribution in [2.24, 2.45) is 0 Å². The zero-order chi connectivity index (χ0) is 29.9. The topological polar surface area (TPSA) is 65.6 Å². The van der Waals surface area contributed by atoms with E-state index in [1.165, 1.54) is 0 Å². The lowest BCUT2D eigenvalue weighted by atomic mass is 10.1. The molecule has 0 aromatic heterocycles. The Morgan fingerprint density at radius 3 is 2.45 bits per heavy atom. The van der Waals surface area contributed by atoms with Gasteiger partial charge in [-0.1, -0.05) is 42.5 Å². The number of fused-ring (bicyclic) bond motifs is 1. The molecule has 0 bridgehead atoms. The number of carbonyl (C=O) groups excluding carboxylic acids is 2. The molecule has 4 rings (SSSR count). The molecule has 0 unspecified atom stereocenters. The molecule has 0 saturated carbocycles. The summed E-state index contributed by atoms with van der Waals surface area (Å²) in [7, 11) is 4.00. The number of likely N-dealkylation sites (N-methyl/N-ethyl adjacent to an activating group) is 1. The van der Waals surface area contributed by atoms with Crippen molar-refractivity contribution in [1.82, 2.24) is 14.7 Å². The quantitative estimate of drug-likeness (QED) is 0.363. The molecule has 0 N–H and O–H groups in total. The summed E-state index contributed by atoms with van der Waals surface area (Å²) in [6.07, 6.45) is 0.811. The van der Waals surface area contributed by atoms with Crippen LogP contribution in [-0.4, -0.2) is 86.5 Å². The van der Waals surface area contributed by atoms with Gasteiger partial charge < -0.3 is 24.2 Å². The SMILES string of the molecule is CCOc1ccccc1CN1CCCN(C(C)=O)c2ccccc2CN(C(=O)c2cccc(OCCN(C)C)c2)CC1. The standard InChI is InChI=1S/C34H44N4O4/c1-5-41-33-17-9-7-13-30(33)25-36-18-11-19-38(27(2)39)32-16-8-6-12-29(32)26-37(21-20-36)34(40)28-14-10-15-31(24-28)42-23-22-35(3)4/h6-10,12-17,24H,5,11,18-23,25-26H2,1-4H3. The number of ether oxygens (including phenoxy) is 2. The third kappa shape index (κ3) is 8.57. The highest BCUT2D eigenvalue weighted by Gasteiger charge is 2.23. The number of para-hydroxylation sites is 2. The maximum Gasteiger partial charge on any atom is 0.254 e. The fourth-order valence-corrected chi connectivity index (χ4v) is 5.22. The predicted octanol–water partition coefficient (Wildman–Crippen LogP) is 4.93. The van der Waals surface area contributed by atoms with Gasteiger partial charge in [-0.05, 0) is 63.3 Å². The minimum absolute atomic E-state index is 0.00427. The Balaban J connectivity index is 1.63. The van der Waals surface area contributed by atoms with Crippen molar-refractivity contribution < 1.29 is 19.1 Å². The van der Waals surface area contributed by atoms with Crippen LogP contribution in [0.3, 0.4) is 0 Å². The van der Waals surface area contributed by atoms with Gasteiger partial charge in [0.1, 0.15) is 18.1 Å². The Bertz CT molecular complexity index is 1330. The summed E-state index contributed by atoms with van der Waals surface area (Å²) in [6, 6.07) is 23.5. The average Bonchev–Trinajstić information content (AvgIpc) is 3.01. The molecule has 0 spiro atoms. The third-order valence-electron chi connectivity index (χ3n) is 7.41. The van der Waals surface area contributed by atoms with Crippen LogP contribution < -0.4 is 14.4 Å². The predicted molar refractivity (Wildman–Crippen MR) is 167 cm³/mol. The molecule has 224 valence electrons. The second kappa shape index (κ2) is 15.4. The highest BCUT2D eigenvalue weighted by Crippen LogP contribution is 2.26. The van der Waals surface area contributed by atoms with Crippen LogP contribution in [0.2, 0.25) is 0 Å². The third-order valence-corrected chi connectivity index (χ3v) is 7.41. The first kappa shape index (κ1) is 31.1. The summed E-state index contributed by atoms with van der Waals surface area (Å²) in [4.78, 5) is 35.0. The second-order valence-electron chi connectivity index (χ2n) is 10.9. The van der Waals surface area contributed by atoms with Crippen molar-refractivity contribution in [3.8, 4) is 11.5 Å². The van der Waals surface area contributed by atoms with E-state index in [1.807, 2.05) is 97.5 Å². The number of benzene rings is 3. The average molecular weight is 573 g/mol. The van der Waals surface area contributed by atoms with Gasteiger partial charge in [-0.3, -0.25) is 14.5 Å². The number of hydrogen-bond donors (Lipinski definition) is 0. The Morgan fingerprint density at radius 1 is 0.881 bits per heavy atom. The molecule has 0 atom stereocenters. The van der Waals surface area contributed by atoms with E-state index in [0.717, 1.165) is 42.1 Å². The molecule has 0 radical (unpaired) electrons. The van der Waals surface area contributed by atoms with Gasteiger partial charge in [0, 0.05) is 69.6 Å². The highest BCUT2D eigenvalue weighted by molar-refractivity contribution is 5.95. The lowest BCUT2D eigenvalue weighted by Gasteiger charge is -2.28. The molecule has 2 amide bonds. The number of amides is 2. The summed E-state index contributed by atoms with van der Waals surface area (Å²) in [6.45, 7) is 9.23. The lowest BCUT2D eigenvalue weighted by Crippen LogP contribution is -2.38. The zero-order valence-corrected chi connectivity index (χ0v) is 25.4. The normalized spacial score (nSPS) is 14.7. The molecule has 1 aliphatic rings. The molecule has 3 aromatic carbocycles. The van der Waals surface area contributed by atoms with Crippen molar-refractivity contribution in [1.29, 1.82) is 0 Å². The molecule has 8 heteroatoms. The van der Waals surface area contributed by atoms with Crippen LogP contribution in [0.15, 0.2) is 72.8 Å². The van der Waals surface area contributed by atoms with Crippen molar-refractivity contribution in [3.05, 3.63) is 89.5 Å². The maximum atomic E-state index is 14.1. The molecule has 0 aliphatic carbocycles. The molecular weight excluding hydrogens is 528 g/mol. The van der Waals surface area contributed by atoms with E-state index in [4.69, 9.17) is 9.47 Å². The zero-order valence-electron chi connectivity index (χ0n) is 25.4. The van der Waals surface area contributed by atoms with Crippen LogP contribution in [0, 0.1) is 0 Å². The van der Waals surface area contributed by atoms with Crippen molar-refractivity contribution in [2.75, 3.05) is 64.9 Å². The van der Waals surface area contributed by atoms with E-state index < -0.39 is 0 Å². The van der Waals surface area contributed by atoms with Gasteiger partial charge in [0.2, 0.25) is 5.91 Å². The van der Waals surface area contributed by atoms with E-state index in [0.29, 0.717) is 57.3 Å². The van der Waals surface area contributed by atoms with Crippen molar-refractivity contribution in [2.45, 2.75) is 33.4 Å². The molecule has 8 nitrogen and oxygen atoms in total. The minimum Gasteiger partial charge on any atom is -0.494 e. The van der Waals surface area contributed by atoms with Gasteiger partial charge >= 0.3 is 0 Å². The largest absolute Gasteiger partial charge is 0.494 e. The van der Waals surface area contributed by atoms with Crippen LogP contribution >= 0.6 is 0 Å². The van der Waals surface area contributed by atoms with Gasteiger partial charge in [0.25, 0.3) is 5.91 Å². The first-order chi connectivity index (χ1) is 20.4. The van der Waals surface area contributed by atoms with Gasteiger partial charge in [-0.25, -0.2) is 0 Å². The van der Waals surface area contributed by atoms with E-state index in [9.17, 15) is 9.59 Å². The Hall–Kier alpha value is -3.88. The van der Waals surface area contributed by atoms with Gasteiger partial charge in [-0.15, -0.1) is 0 Å². The lowest BCUT2D eigenvalue weighted by molar-refractivity contribution is -0.116. The first-order valence-electron chi connectivity index (χ1n) is 14.8. The van der Waals surface area contributed by atoms with E-state index in [-0.39, 0.29) is 11.8 Å². The fraction of sp³-hybridized carbons (Fsp3) is 0.412. The van der Waals surface area contributed by atoms with Crippen molar-refractivity contribution in [3.63, 3.8) is 0 Å². The van der Waals surface area contributed by atoms with Crippen molar-refractivity contribution >= 4 is 17.5 Å². The van der Waals surface area contributed by atoms with Gasteiger partial charge in [-0.2, -0.15) is 0 Å². The van der Waals surface area contributed by atoms with Crippen LogP contribution in [0.4, 0.5) is 5.69 Å². The summed E-state index contributed by atoms with van der Waals surface area (Å²) in [5.41, 5.74) is 3.51. The number of nitrogens with zero attached hydrogens (tertiary/aromatic N) is 4. The fourth-order valence-electron chi connectivity index (χ4n) is 5.22. The Kier molecular flexibility index (Phi) is 11.4. The number of rotatable bonds is 9. The van der Waals surface area contributed by atoms with E-state index in [2.05, 4.69) is 15.9 Å². The monoisotopic (exact) mass is 572 g/mol. The Morgan fingerprint density at radius 2 is 1.67 bits per heavy atom. The summed E-state index contributed by atoms with van der Waals surface area (Å²) in [5.74, 6) is 1.49. The maximum absolute atomic E-state index is 14.1. The molecular formula is C34H44N4O4. The number of anilines is 1. The smallest absolute Gasteiger partial charge is 0.254 e.